The van der Waals surface area contributed by atoms with E-state index in [1.807, 2.05) is 17.9 Å². The van der Waals surface area contributed by atoms with Gasteiger partial charge in [-0.3, -0.25) is 29.2 Å². The largest absolute Gasteiger partial charge is 0.481 e. The highest BCUT2D eigenvalue weighted by Gasteiger charge is 2.48. The third-order valence-corrected chi connectivity index (χ3v) is 8.70. The molecule has 1 aromatic heterocycles. The zero-order valence-corrected chi connectivity index (χ0v) is 25.1. The van der Waals surface area contributed by atoms with Gasteiger partial charge >= 0.3 is 12.0 Å². The Bertz CT molecular complexity index is 1390. The van der Waals surface area contributed by atoms with E-state index in [2.05, 4.69) is 4.98 Å². The van der Waals surface area contributed by atoms with E-state index in [1.165, 1.54) is 9.80 Å². The minimum absolute atomic E-state index is 0.00363. The summed E-state index contributed by atoms with van der Waals surface area (Å²) in [6.07, 6.45) is 5.29. The number of hydrogen-bond donors (Lipinski definition) is 2. The lowest BCUT2D eigenvalue weighted by Gasteiger charge is -2.34. The molecular formula is C31H39N5O8. The van der Waals surface area contributed by atoms with Crippen molar-refractivity contribution in [3.63, 3.8) is 0 Å². The molecule has 0 bridgehead atoms. The van der Waals surface area contributed by atoms with Gasteiger partial charge in [0.1, 0.15) is 0 Å². The average Bonchev–Trinajstić information content (AvgIpc) is 3.64. The molecule has 0 unspecified atom stereocenters. The van der Waals surface area contributed by atoms with Crippen molar-refractivity contribution in [1.82, 2.24) is 19.7 Å². The summed E-state index contributed by atoms with van der Waals surface area (Å²) in [6, 6.07) is 5.96. The van der Waals surface area contributed by atoms with Crippen LogP contribution in [0.15, 0.2) is 36.7 Å². The Morgan fingerprint density at radius 2 is 2.02 bits per heavy atom. The molecule has 2 saturated heterocycles. The molecule has 1 aromatic carbocycles. The quantitative estimate of drug-likeness (QED) is 0.367. The van der Waals surface area contributed by atoms with Crippen LogP contribution in [-0.4, -0.2) is 106 Å². The molecule has 3 aliphatic rings. The summed E-state index contributed by atoms with van der Waals surface area (Å²) in [7, 11) is 1.63. The van der Waals surface area contributed by atoms with Crippen LogP contribution in [0.5, 0.6) is 11.5 Å². The number of hydrogen-bond acceptors (Lipinski definition) is 9. The standard InChI is InChI=1S/C31H39N5O8/c1-3-4-10-35(22-6-5-9-32-15-22)27(39)17-34-16-23(20-13-21(18-37)29-25(14-20)43-19-44-29)28(30(40)41)24(34)7-12-36-26(38)8-11-33(2)31(36)42/h5-6,9,13-15,23-24,28,37H,3-4,7-8,10-12,16-19H2,1-2H3,(H,40,41)/t23-,24+,28-/m1/s1. The normalized spacial score (nSPS) is 21.7. The molecule has 236 valence electrons. The highest BCUT2D eigenvalue weighted by molar-refractivity contribution is 5.97. The number of aromatic nitrogens is 1. The summed E-state index contributed by atoms with van der Waals surface area (Å²) < 4.78 is 11.1. The molecule has 2 fully saturated rings. The van der Waals surface area contributed by atoms with E-state index < -0.39 is 29.9 Å². The van der Waals surface area contributed by atoms with Crippen LogP contribution in [0.25, 0.3) is 0 Å². The maximum atomic E-state index is 13.9. The summed E-state index contributed by atoms with van der Waals surface area (Å²) in [5.41, 5.74) is 1.79. The van der Waals surface area contributed by atoms with E-state index in [1.54, 1.807) is 42.5 Å². The van der Waals surface area contributed by atoms with Crippen molar-refractivity contribution in [3.05, 3.63) is 47.8 Å². The fourth-order valence-corrected chi connectivity index (χ4v) is 6.40. The van der Waals surface area contributed by atoms with E-state index in [0.29, 0.717) is 41.4 Å². The van der Waals surface area contributed by atoms with Gasteiger partial charge in [-0.25, -0.2) is 4.79 Å². The number of likely N-dealkylation sites (tertiary alicyclic amines) is 1. The Hall–Kier alpha value is -4.23. The number of aliphatic hydroxyl groups is 1. The highest BCUT2D eigenvalue weighted by atomic mass is 16.7. The number of rotatable bonds is 12. The van der Waals surface area contributed by atoms with E-state index in [-0.39, 0.29) is 57.7 Å². The van der Waals surface area contributed by atoms with Gasteiger partial charge in [0.25, 0.3) is 0 Å². The highest BCUT2D eigenvalue weighted by Crippen LogP contribution is 2.44. The van der Waals surface area contributed by atoms with E-state index in [0.717, 1.165) is 12.8 Å². The van der Waals surface area contributed by atoms with E-state index >= 15 is 0 Å². The number of ether oxygens (including phenoxy) is 2. The molecule has 3 aliphatic heterocycles. The fraction of sp³-hybridized carbons (Fsp3) is 0.516. The summed E-state index contributed by atoms with van der Waals surface area (Å²) >= 11 is 0. The Morgan fingerprint density at radius 3 is 2.73 bits per heavy atom. The van der Waals surface area contributed by atoms with Crippen LogP contribution in [0, 0.1) is 5.92 Å². The number of pyridine rings is 1. The van der Waals surface area contributed by atoms with Gasteiger partial charge in [0.15, 0.2) is 11.5 Å². The Labute approximate surface area is 255 Å². The maximum Gasteiger partial charge on any atom is 0.326 e. The van der Waals surface area contributed by atoms with Crippen molar-refractivity contribution in [1.29, 1.82) is 0 Å². The van der Waals surface area contributed by atoms with Crippen LogP contribution in [0.1, 0.15) is 49.7 Å². The predicted molar refractivity (Wildman–Crippen MR) is 158 cm³/mol. The summed E-state index contributed by atoms with van der Waals surface area (Å²) in [5.74, 6) is -2.24. The monoisotopic (exact) mass is 609 g/mol. The zero-order valence-electron chi connectivity index (χ0n) is 25.1. The number of nitrogens with zero attached hydrogens (tertiary/aromatic N) is 5. The molecule has 13 nitrogen and oxygen atoms in total. The van der Waals surface area contributed by atoms with E-state index in [4.69, 9.17) is 9.47 Å². The van der Waals surface area contributed by atoms with Gasteiger partial charge < -0.3 is 29.5 Å². The van der Waals surface area contributed by atoms with Crippen LogP contribution in [-0.2, 0) is 21.0 Å². The maximum absolute atomic E-state index is 13.9. The lowest BCUT2D eigenvalue weighted by atomic mass is 9.83. The van der Waals surface area contributed by atoms with Crippen LogP contribution < -0.4 is 14.4 Å². The van der Waals surface area contributed by atoms with Gasteiger partial charge in [-0.05, 0) is 42.7 Å². The van der Waals surface area contributed by atoms with Gasteiger partial charge in [0, 0.05) is 63.4 Å². The van der Waals surface area contributed by atoms with Crippen molar-refractivity contribution in [3.8, 4) is 11.5 Å². The number of carboxylic acids is 1. The third kappa shape index (κ3) is 6.34. The predicted octanol–water partition coefficient (Wildman–Crippen LogP) is 2.28. The number of urea groups is 1. The SMILES string of the molecule is CCCCN(C(=O)CN1C[C@H](c2cc(CO)c3c(c2)OCO3)[C@@H](C(=O)O)[C@@H]1CCN1C(=O)CCN(C)C1=O)c1cccnc1. The molecular weight excluding hydrogens is 570 g/mol. The first kappa shape index (κ1) is 31.2. The molecule has 2 N–H and O–H groups in total. The van der Waals surface area contributed by atoms with Gasteiger partial charge in [-0.1, -0.05) is 13.3 Å². The first-order valence-corrected chi connectivity index (χ1v) is 15.0. The third-order valence-electron chi connectivity index (χ3n) is 8.70. The second kappa shape index (κ2) is 13.6. The number of fused-ring (bicyclic) bond motifs is 1. The number of unbranched alkanes of at least 4 members (excludes halogenated alkanes) is 1. The van der Waals surface area contributed by atoms with Gasteiger partial charge in [-0.2, -0.15) is 0 Å². The number of benzene rings is 1. The van der Waals surface area contributed by atoms with Crippen molar-refractivity contribution >= 4 is 29.5 Å². The van der Waals surface area contributed by atoms with Crippen molar-refractivity contribution in [2.24, 2.45) is 5.92 Å². The topological polar surface area (TPSA) is 153 Å². The lowest BCUT2D eigenvalue weighted by Crippen LogP contribution is -2.52. The molecule has 3 atom stereocenters. The molecule has 0 saturated carbocycles. The smallest absolute Gasteiger partial charge is 0.326 e. The molecule has 0 radical (unpaired) electrons. The zero-order chi connectivity index (χ0) is 31.4. The summed E-state index contributed by atoms with van der Waals surface area (Å²) in [6.45, 7) is 2.72. The molecule has 4 amide bonds. The van der Waals surface area contributed by atoms with Gasteiger partial charge in [0.2, 0.25) is 18.6 Å². The Kier molecular flexibility index (Phi) is 9.64. The number of carboxylic acid groups (broad SMARTS) is 1. The summed E-state index contributed by atoms with van der Waals surface area (Å²) in [4.78, 5) is 62.7. The number of carbonyl (C=O) groups excluding carboxylic acids is 3. The second-order valence-corrected chi connectivity index (χ2v) is 11.4. The number of imide groups is 1. The Balaban J connectivity index is 1.47. The molecule has 4 heterocycles. The molecule has 0 spiro atoms. The minimum atomic E-state index is -1.05. The van der Waals surface area contributed by atoms with Crippen molar-refractivity contribution < 1.29 is 38.9 Å². The molecule has 13 heteroatoms. The number of aliphatic carboxylic acids is 1. The average molecular weight is 610 g/mol. The van der Waals surface area contributed by atoms with Crippen LogP contribution in [0.2, 0.25) is 0 Å². The number of anilines is 1. The molecule has 2 aromatic rings. The Morgan fingerprint density at radius 1 is 1.20 bits per heavy atom. The molecule has 5 rings (SSSR count). The van der Waals surface area contributed by atoms with Crippen LogP contribution >= 0.6 is 0 Å². The van der Waals surface area contributed by atoms with Crippen molar-refractivity contribution in [2.45, 2.75) is 51.2 Å². The minimum Gasteiger partial charge on any atom is -0.481 e. The van der Waals surface area contributed by atoms with Gasteiger partial charge in [0.05, 0.1) is 31.0 Å². The first-order chi connectivity index (χ1) is 21.2. The first-order valence-electron chi connectivity index (χ1n) is 15.0. The fourth-order valence-electron chi connectivity index (χ4n) is 6.40. The van der Waals surface area contributed by atoms with Crippen molar-refractivity contribution in [2.75, 3.05) is 51.5 Å². The van der Waals surface area contributed by atoms with E-state index in [9.17, 15) is 29.4 Å². The number of amides is 4. The molecule has 0 aliphatic carbocycles. The number of aliphatic hydroxyl groups excluding tert-OH is 1. The van der Waals surface area contributed by atoms with Gasteiger partial charge in [-0.15, -0.1) is 0 Å². The lowest BCUT2D eigenvalue weighted by molar-refractivity contribution is -0.143. The second-order valence-electron chi connectivity index (χ2n) is 11.4. The molecule has 44 heavy (non-hydrogen) atoms. The summed E-state index contributed by atoms with van der Waals surface area (Å²) in [5, 5.41) is 20.6. The number of carbonyl (C=O) groups is 4. The van der Waals surface area contributed by atoms with Crippen LogP contribution in [0.3, 0.4) is 0 Å². The van der Waals surface area contributed by atoms with Crippen LogP contribution in [0.4, 0.5) is 10.5 Å².